The molecule has 0 atom stereocenters. The number of anilines is 1. The molecule has 0 saturated heterocycles. The molecule has 2 aromatic rings. The van der Waals surface area contributed by atoms with E-state index in [-0.39, 0.29) is 0 Å². The van der Waals surface area contributed by atoms with Crippen LogP contribution in [0.5, 0.6) is 0 Å². The number of halogens is 1. The van der Waals surface area contributed by atoms with Crippen LogP contribution in [0.15, 0.2) is 64.8 Å². The molecule has 0 radical (unpaired) electrons. The van der Waals surface area contributed by atoms with E-state index in [9.17, 15) is 0 Å². The van der Waals surface area contributed by atoms with Gasteiger partial charge >= 0.3 is 0 Å². The molecule has 116 valence electrons. The summed E-state index contributed by atoms with van der Waals surface area (Å²) in [6.07, 6.45) is 9.18. The van der Waals surface area contributed by atoms with Gasteiger partial charge in [0.2, 0.25) is 0 Å². The number of hydrogen-bond donors (Lipinski definition) is 0. The molecule has 3 nitrogen and oxygen atoms in total. The van der Waals surface area contributed by atoms with Gasteiger partial charge in [-0.2, -0.15) is 5.10 Å². The highest BCUT2D eigenvalue weighted by Crippen LogP contribution is 2.19. The zero-order valence-electron chi connectivity index (χ0n) is 13.0. The number of unbranched alkanes of at least 4 members (excludes halogenated alkanes) is 2. The Morgan fingerprint density at radius 1 is 1.23 bits per heavy atom. The van der Waals surface area contributed by atoms with Gasteiger partial charge < -0.3 is 4.57 Å². The van der Waals surface area contributed by atoms with Gasteiger partial charge in [0.25, 0.3) is 0 Å². The summed E-state index contributed by atoms with van der Waals surface area (Å²) < 4.78 is 3.13. The Hall–Kier alpha value is -1.81. The summed E-state index contributed by atoms with van der Waals surface area (Å²) in [5.41, 5.74) is 2.19. The van der Waals surface area contributed by atoms with Gasteiger partial charge in [-0.25, -0.2) is 0 Å². The van der Waals surface area contributed by atoms with E-state index >= 15 is 0 Å². The van der Waals surface area contributed by atoms with Gasteiger partial charge in [-0.3, -0.25) is 5.01 Å². The summed E-state index contributed by atoms with van der Waals surface area (Å²) in [7, 11) is 2.02. The van der Waals surface area contributed by atoms with Gasteiger partial charge in [0.1, 0.15) is 0 Å². The van der Waals surface area contributed by atoms with Gasteiger partial charge in [0.05, 0.1) is 17.6 Å². The van der Waals surface area contributed by atoms with E-state index < -0.39 is 0 Å². The molecule has 0 aliphatic carbocycles. The molecule has 1 aromatic carbocycles. The summed E-state index contributed by atoms with van der Waals surface area (Å²) in [6.45, 7) is 4.67. The second kappa shape index (κ2) is 8.59. The summed E-state index contributed by atoms with van der Waals surface area (Å²) in [5.74, 6) is 0. The zero-order chi connectivity index (χ0) is 15.8. The van der Waals surface area contributed by atoms with E-state index in [0.29, 0.717) is 0 Å². The first-order valence-corrected chi connectivity index (χ1v) is 8.29. The van der Waals surface area contributed by atoms with E-state index in [1.54, 1.807) is 0 Å². The minimum atomic E-state index is 0.899. The molecule has 0 aliphatic rings. The molecule has 2 rings (SSSR count). The number of aromatic nitrogens is 1. The monoisotopic (exact) mass is 359 g/mol. The lowest BCUT2D eigenvalue weighted by molar-refractivity contribution is 0.711. The molecule has 22 heavy (non-hydrogen) atoms. The Labute approximate surface area is 141 Å². The van der Waals surface area contributed by atoms with Crippen LogP contribution in [0.4, 0.5) is 5.69 Å². The largest absolute Gasteiger partial charge is 0.350 e. The third-order valence-corrected chi connectivity index (χ3v) is 3.99. The van der Waals surface area contributed by atoms with E-state index in [0.717, 1.165) is 41.7 Å². The van der Waals surface area contributed by atoms with Crippen molar-refractivity contribution in [2.24, 2.45) is 12.1 Å². The van der Waals surface area contributed by atoms with Gasteiger partial charge in [-0.1, -0.05) is 22.0 Å². The minimum Gasteiger partial charge on any atom is -0.350 e. The standard InChI is InChI=1S/C18H22BrN3/c1-3-4-5-6-14-22(17-11-9-16(19)10-12-17)20-15-18-8-7-13-21(18)2/h3,7-13,15H,1,4-6,14H2,2H3/b20-15+. The van der Waals surface area contributed by atoms with Crippen LogP contribution in [0, 0.1) is 0 Å². The third-order valence-electron chi connectivity index (χ3n) is 3.47. The lowest BCUT2D eigenvalue weighted by Crippen LogP contribution is -2.18. The molecule has 0 unspecified atom stereocenters. The van der Waals surface area contributed by atoms with Crippen molar-refractivity contribution in [2.45, 2.75) is 19.3 Å². The summed E-state index contributed by atoms with van der Waals surface area (Å²) in [5, 5.41) is 6.73. The Morgan fingerprint density at radius 3 is 2.64 bits per heavy atom. The Morgan fingerprint density at radius 2 is 2.00 bits per heavy atom. The van der Waals surface area contributed by atoms with Crippen LogP contribution < -0.4 is 5.01 Å². The van der Waals surface area contributed by atoms with Crippen LogP contribution in [0.25, 0.3) is 0 Å². The lowest BCUT2D eigenvalue weighted by Gasteiger charge is -2.19. The van der Waals surface area contributed by atoms with Crippen LogP contribution in [0.2, 0.25) is 0 Å². The zero-order valence-corrected chi connectivity index (χ0v) is 14.5. The Kier molecular flexibility index (Phi) is 6.46. The van der Waals surface area contributed by atoms with Crippen molar-refractivity contribution in [3.05, 3.63) is 65.4 Å². The van der Waals surface area contributed by atoms with Gasteiger partial charge in [-0.15, -0.1) is 6.58 Å². The molecule has 0 N–H and O–H groups in total. The molecule has 1 aromatic heterocycles. The Balaban J connectivity index is 2.10. The maximum absolute atomic E-state index is 4.67. The van der Waals surface area contributed by atoms with Crippen LogP contribution in [0.3, 0.4) is 0 Å². The highest BCUT2D eigenvalue weighted by Gasteiger charge is 2.04. The van der Waals surface area contributed by atoms with E-state index in [4.69, 9.17) is 0 Å². The van der Waals surface area contributed by atoms with E-state index in [1.165, 1.54) is 0 Å². The Bertz CT molecular complexity index is 614. The van der Waals surface area contributed by atoms with Crippen molar-refractivity contribution < 1.29 is 0 Å². The third kappa shape index (κ3) is 4.88. The number of rotatable bonds is 8. The summed E-state index contributed by atoms with van der Waals surface area (Å²) in [6, 6.07) is 12.3. The minimum absolute atomic E-state index is 0.899. The van der Waals surface area contributed by atoms with Crippen molar-refractivity contribution in [1.29, 1.82) is 0 Å². The number of hydrogen-bond acceptors (Lipinski definition) is 2. The quantitative estimate of drug-likeness (QED) is 0.281. The number of benzene rings is 1. The number of nitrogens with zero attached hydrogens (tertiary/aromatic N) is 3. The van der Waals surface area contributed by atoms with E-state index in [2.05, 4.69) is 55.4 Å². The molecular formula is C18H22BrN3. The van der Waals surface area contributed by atoms with Crippen LogP contribution in [-0.4, -0.2) is 17.3 Å². The maximum atomic E-state index is 4.67. The lowest BCUT2D eigenvalue weighted by atomic mass is 10.2. The first-order chi connectivity index (χ1) is 10.7. The number of aryl methyl sites for hydroxylation is 1. The normalized spacial score (nSPS) is 11.0. The van der Waals surface area contributed by atoms with Crippen LogP contribution in [-0.2, 0) is 7.05 Å². The van der Waals surface area contributed by atoms with Crippen LogP contribution >= 0.6 is 15.9 Å². The second-order valence-electron chi connectivity index (χ2n) is 5.17. The predicted octanol–water partition coefficient (Wildman–Crippen LogP) is 4.98. The van der Waals surface area contributed by atoms with Crippen molar-refractivity contribution in [3.63, 3.8) is 0 Å². The van der Waals surface area contributed by atoms with Gasteiger partial charge in [-0.05, 0) is 55.7 Å². The molecule has 0 amide bonds. The van der Waals surface area contributed by atoms with Crippen molar-refractivity contribution in [3.8, 4) is 0 Å². The average Bonchev–Trinajstić information content (AvgIpc) is 2.93. The molecule has 0 saturated carbocycles. The molecule has 0 aliphatic heterocycles. The summed E-state index contributed by atoms with van der Waals surface area (Å²) in [4.78, 5) is 0. The highest BCUT2D eigenvalue weighted by molar-refractivity contribution is 9.10. The van der Waals surface area contributed by atoms with Crippen molar-refractivity contribution in [2.75, 3.05) is 11.6 Å². The second-order valence-corrected chi connectivity index (χ2v) is 6.09. The van der Waals surface area contributed by atoms with Crippen molar-refractivity contribution in [1.82, 2.24) is 4.57 Å². The first-order valence-electron chi connectivity index (χ1n) is 7.50. The van der Waals surface area contributed by atoms with Crippen molar-refractivity contribution >= 4 is 27.8 Å². The van der Waals surface area contributed by atoms with Gasteiger partial charge in [0.15, 0.2) is 0 Å². The van der Waals surface area contributed by atoms with Gasteiger partial charge in [0, 0.05) is 24.3 Å². The smallest absolute Gasteiger partial charge is 0.0711 e. The molecule has 0 spiro atoms. The summed E-state index contributed by atoms with van der Waals surface area (Å²) >= 11 is 3.48. The maximum Gasteiger partial charge on any atom is 0.0711 e. The number of allylic oxidation sites excluding steroid dienone is 1. The molecular weight excluding hydrogens is 338 g/mol. The first kappa shape index (κ1) is 16.6. The molecule has 4 heteroatoms. The fourth-order valence-corrected chi connectivity index (χ4v) is 2.42. The average molecular weight is 360 g/mol. The molecule has 1 heterocycles. The number of hydrazone groups is 1. The highest BCUT2D eigenvalue weighted by atomic mass is 79.9. The predicted molar refractivity (Wildman–Crippen MR) is 98.5 cm³/mol. The topological polar surface area (TPSA) is 20.5 Å². The van der Waals surface area contributed by atoms with Crippen LogP contribution in [0.1, 0.15) is 25.0 Å². The molecule has 0 fully saturated rings. The fraction of sp³-hybridized carbons (Fsp3) is 0.278. The fourth-order valence-electron chi connectivity index (χ4n) is 2.15. The SMILES string of the molecule is C=CCCCCN(/N=C/c1cccn1C)c1ccc(Br)cc1. The van der Waals surface area contributed by atoms with E-state index in [1.807, 2.05) is 43.7 Å². The molecule has 0 bridgehead atoms.